The molecule has 4 rings (SSSR count). The van der Waals surface area contributed by atoms with Gasteiger partial charge in [0, 0.05) is 50.7 Å². The van der Waals surface area contributed by atoms with E-state index >= 15 is 0 Å². The number of carbonyl (C=O) groups excluding carboxylic acids is 1. The Balaban J connectivity index is 1.34. The summed E-state index contributed by atoms with van der Waals surface area (Å²) in [4.78, 5) is 17.4. The molecule has 1 saturated heterocycles. The van der Waals surface area contributed by atoms with Crippen molar-refractivity contribution in [3.05, 3.63) is 29.0 Å². The SMILES string of the molecule is CCOc1ccc(-c2n[nH]c(=S)n2CCC(=O)N2CCN(C3CCCC3)CC2)cc1. The van der Waals surface area contributed by atoms with Crippen LogP contribution in [0.25, 0.3) is 11.4 Å². The van der Waals surface area contributed by atoms with Crippen LogP contribution in [0.3, 0.4) is 0 Å². The summed E-state index contributed by atoms with van der Waals surface area (Å²) in [7, 11) is 0. The van der Waals surface area contributed by atoms with Crippen LogP contribution in [0.15, 0.2) is 24.3 Å². The Hall–Kier alpha value is -2.19. The zero-order valence-electron chi connectivity index (χ0n) is 17.7. The van der Waals surface area contributed by atoms with Crippen LogP contribution in [-0.2, 0) is 11.3 Å². The number of nitrogens with one attached hydrogen (secondary N) is 1. The van der Waals surface area contributed by atoms with Crippen LogP contribution in [-0.4, -0.2) is 69.3 Å². The van der Waals surface area contributed by atoms with E-state index in [0.29, 0.717) is 24.3 Å². The van der Waals surface area contributed by atoms with Gasteiger partial charge in [0.25, 0.3) is 0 Å². The lowest BCUT2D eigenvalue weighted by Crippen LogP contribution is -2.51. The molecule has 1 saturated carbocycles. The second-order valence-corrected chi connectivity index (χ2v) is 8.45. The van der Waals surface area contributed by atoms with Crippen molar-refractivity contribution < 1.29 is 9.53 Å². The van der Waals surface area contributed by atoms with Crippen molar-refractivity contribution in [3.63, 3.8) is 0 Å². The highest BCUT2D eigenvalue weighted by atomic mass is 32.1. The van der Waals surface area contributed by atoms with Crippen LogP contribution >= 0.6 is 12.2 Å². The number of nitrogens with zero attached hydrogens (tertiary/aromatic N) is 4. The normalized spacial score (nSPS) is 18.1. The summed E-state index contributed by atoms with van der Waals surface area (Å²) in [6.07, 6.45) is 5.78. The minimum Gasteiger partial charge on any atom is -0.494 e. The van der Waals surface area contributed by atoms with E-state index in [2.05, 4.69) is 15.1 Å². The molecule has 1 aromatic carbocycles. The minimum absolute atomic E-state index is 0.196. The van der Waals surface area contributed by atoms with E-state index in [-0.39, 0.29) is 5.91 Å². The molecule has 0 unspecified atom stereocenters. The monoisotopic (exact) mass is 429 g/mol. The van der Waals surface area contributed by atoms with E-state index in [9.17, 15) is 4.79 Å². The van der Waals surface area contributed by atoms with Gasteiger partial charge in [-0.2, -0.15) is 5.10 Å². The lowest BCUT2D eigenvalue weighted by atomic mass is 10.1. The summed E-state index contributed by atoms with van der Waals surface area (Å²) in [6.45, 7) is 6.78. The van der Waals surface area contributed by atoms with E-state index in [4.69, 9.17) is 17.0 Å². The Morgan fingerprint density at radius 2 is 1.87 bits per heavy atom. The Bertz CT molecular complexity index is 893. The molecule has 1 aliphatic carbocycles. The van der Waals surface area contributed by atoms with Crippen molar-refractivity contribution in [2.75, 3.05) is 32.8 Å². The second kappa shape index (κ2) is 9.75. The third-order valence-electron chi connectivity index (χ3n) is 6.24. The molecule has 8 heteroatoms. The number of hydrogen-bond donors (Lipinski definition) is 1. The highest BCUT2D eigenvalue weighted by Crippen LogP contribution is 2.25. The smallest absolute Gasteiger partial charge is 0.224 e. The first kappa shape index (κ1) is 21.1. The number of ether oxygens (including phenoxy) is 1. The topological polar surface area (TPSA) is 66.4 Å². The standard InChI is InChI=1S/C22H31N5O2S/c1-2-29-19-9-7-17(8-10-19)21-23-24-22(30)27(21)12-11-20(28)26-15-13-25(14-16-26)18-5-3-4-6-18/h7-10,18H,2-6,11-16H2,1H3,(H,24,30). The number of aromatic nitrogens is 3. The minimum atomic E-state index is 0.196. The molecule has 0 atom stereocenters. The number of piperazine rings is 1. The molecule has 0 bridgehead atoms. The maximum atomic E-state index is 12.8. The van der Waals surface area contributed by atoms with Gasteiger partial charge in [-0.15, -0.1) is 0 Å². The highest BCUT2D eigenvalue weighted by molar-refractivity contribution is 7.71. The molecule has 0 radical (unpaired) electrons. The predicted molar refractivity (Wildman–Crippen MR) is 119 cm³/mol. The van der Waals surface area contributed by atoms with E-state index in [1.165, 1.54) is 25.7 Å². The first-order valence-electron chi connectivity index (χ1n) is 11.1. The van der Waals surface area contributed by atoms with Crippen molar-refractivity contribution >= 4 is 18.1 Å². The quantitative estimate of drug-likeness (QED) is 0.683. The predicted octanol–water partition coefficient (Wildman–Crippen LogP) is 3.48. The number of rotatable bonds is 7. The fourth-order valence-electron chi connectivity index (χ4n) is 4.58. The molecule has 2 aromatic rings. The third kappa shape index (κ3) is 4.75. The number of carbonyl (C=O) groups is 1. The summed E-state index contributed by atoms with van der Waals surface area (Å²) < 4.78 is 7.96. The summed E-state index contributed by atoms with van der Waals surface area (Å²) in [5.74, 6) is 1.78. The van der Waals surface area contributed by atoms with Crippen LogP contribution in [0.5, 0.6) is 5.75 Å². The number of amides is 1. The van der Waals surface area contributed by atoms with Crippen LogP contribution in [0.1, 0.15) is 39.0 Å². The molecule has 2 fully saturated rings. The average molecular weight is 430 g/mol. The van der Waals surface area contributed by atoms with E-state index in [1.54, 1.807) is 0 Å². The summed E-state index contributed by atoms with van der Waals surface area (Å²) >= 11 is 5.41. The van der Waals surface area contributed by atoms with Gasteiger partial charge in [-0.25, -0.2) is 0 Å². The van der Waals surface area contributed by atoms with Gasteiger partial charge in [-0.3, -0.25) is 19.4 Å². The van der Waals surface area contributed by atoms with Crippen molar-refractivity contribution in [1.82, 2.24) is 24.6 Å². The molecule has 2 aliphatic rings. The molecule has 7 nitrogen and oxygen atoms in total. The molecule has 2 heterocycles. The largest absolute Gasteiger partial charge is 0.494 e. The van der Waals surface area contributed by atoms with Gasteiger partial charge >= 0.3 is 0 Å². The van der Waals surface area contributed by atoms with E-state index in [0.717, 1.165) is 49.4 Å². The molecule has 1 aliphatic heterocycles. The molecule has 0 spiro atoms. The van der Waals surface area contributed by atoms with E-state index < -0.39 is 0 Å². The number of aromatic amines is 1. The highest BCUT2D eigenvalue weighted by Gasteiger charge is 2.27. The molecule has 1 amide bonds. The van der Waals surface area contributed by atoms with Gasteiger partial charge in [0.15, 0.2) is 10.6 Å². The van der Waals surface area contributed by atoms with Crippen LogP contribution in [0, 0.1) is 4.77 Å². The Labute approximate surface area is 183 Å². The molecular formula is C22H31N5O2S. The first-order valence-corrected chi connectivity index (χ1v) is 11.5. The van der Waals surface area contributed by atoms with Crippen LogP contribution in [0.2, 0.25) is 0 Å². The number of benzene rings is 1. The van der Waals surface area contributed by atoms with E-state index in [1.807, 2.05) is 40.7 Å². The molecule has 1 aromatic heterocycles. The fourth-order valence-corrected chi connectivity index (χ4v) is 4.81. The molecular weight excluding hydrogens is 398 g/mol. The van der Waals surface area contributed by atoms with Crippen LogP contribution in [0.4, 0.5) is 0 Å². The van der Waals surface area contributed by atoms with Gasteiger partial charge in [0.1, 0.15) is 5.75 Å². The lowest BCUT2D eigenvalue weighted by Gasteiger charge is -2.38. The van der Waals surface area contributed by atoms with Gasteiger partial charge in [0.05, 0.1) is 6.61 Å². The molecule has 30 heavy (non-hydrogen) atoms. The molecule has 162 valence electrons. The maximum absolute atomic E-state index is 12.8. The first-order chi connectivity index (χ1) is 14.7. The van der Waals surface area contributed by atoms with Crippen molar-refractivity contribution in [3.8, 4) is 17.1 Å². The zero-order valence-corrected chi connectivity index (χ0v) is 18.5. The van der Waals surface area contributed by atoms with Crippen molar-refractivity contribution in [1.29, 1.82) is 0 Å². The third-order valence-corrected chi connectivity index (χ3v) is 6.55. The summed E-state index contributed by atoms with van der Waals surface area (Å²) in [5.41, 5.74) is 0.948. The Morgan fingerprint density at radius 3 is 2.53 bits per heavy atom. The number of hydrogen-bond acceptors (Lipinski definition) is 5. The summed E-state index contributed by atoms with van der Waals surface area (Å²) in [6, 6.07) is 8.53. The Morgan fingerprint density at radius 1 is 1.17 bits per heavy atom. The van der Waals surface area contributed by atoms with Gasteiger partial charge in [-0.05, 0) is 56.2 Å². The lowest BCUT2D eigenvalue weighted by molar-refractivity contribution is -0.133. The van der Waals surface area contributed by atoms with Crippen LogP contribution < -0.4 is 4.74 Å². The van der Waals surface area contributed by atoms with Gasteiger partial charge < -0.3 is 9.64 Å². The number of H-pyrrole nitrogens is 1. The summed E-state index contributed by atoms with van der Waals surface area (Å²) in [5, 5.41) is 7.25. The average Bonchev–Trinajstić information content (AvgIpc) is 3.43. The second-order valence-electron chi connectivity index (χ2n) is 8.07. The Kier molecular flexibility index (Phi) is 6.84. The van der Waals surface area contributed by atoms with Gasteiger partial charge in [0.2, 0.25) is 5.91 Å². The zero-order chi connectivity index (χ0) is 20.9. The fraction of sp³-hybridized carbons (Fsp3) is 0.591. The van der Waals surface area contributed by atoms with Crippen molar-refractivity contribution in [2.45, 2.75) is 51.6 Å². The molecule has 1 N–H and O–H groups in total. The maximum Gasteiger partial charge on any atom is 0.224 e. The van der Waals surface area contributed by atoms with Crippen molar-refractivity contribution in [2.24, 2.45) is 0 Å². The van der Waals surface area contributed by atoms with Gasteiger partial charge in [-0.1, -0.05) is 12.8 Å².